The van der Waals surface area contributed by atoms with Crippen molar-refractivity contribution in [2.45, 2.75) is 26.1 Å². The molecule has 0 radical (unpaired) electrons. The summed E-state index contributed by atoms with van der Waals surface area (Å²) in [5.41, 5.74) is 1.64. The second-order valence-electron chi connectivity index (χ2n) is 5.25. The molecule has 0 spiro atoms. The SMILES string of the molecule is Cc1c(CNC(=O)Nc2nnc(CC(F)(F)F)s2)oc2ccccc12. The fourth-order valence-electron chi connectivity index (χ4n) is 2.24. The van der Waals surface area contributed by atoms with Gasteiger partial charge in [0.05, 0.1) is 13.0 Å². The number of alkyl halides is 3. The quantitative estimate of drug-likeness (QED) is 0.727. The summed E-state index contributed by atoms with van der Waals surface area (Å²) in [6.07, 6.45) is -5.54. The van der Waals surface area contributed by atoms with E-state index < -0.39 is 18.6 Å². The number of aryl methyl sites for hydroxylation is 1. The first-order chi connectivity index (χ1) is 11.8. The molecule has 3 aromatic rings. The fourth-order valence-corrected chi connectivity index (χ4v) is 3.01. The molecule has 1 aromatic carbocycles. The van der Waals surface area contributed by atoms with Gasteiger partial charge in [0.1, 0.15) is 16.4 Å². The molecule has 0 bridgehead atoms. The van der Waals surface area contributed by atoms with Gasteiger partial charge in [-0.25, -0.2) is 4.79 Å². The smallest absolute Gasteiger partial charge is 0.395 e. The lowest BCUT2D eigenvalue weighted by Crippen LogP contribution is -2.28. The van der Waals surface area contributed by atoms with Gasteiger partial charge in [0.2, 0.25) is 5.13 Å². The lowest BCUT2D eigenvalue weighted by Gasteiger charge is -2.04. The number of fused-ring (bicyclic) bond motifs is 1. The van der Waals surface area contributed by atoms with E-state index in [9.17, 15) is 18.0 Å². The summed E-state index contributed by atoms with van der Waals surface area (Å²) in [6.45, 7) is 2.02. The van der Waals surface area contributed by atoms with Crippen LogP contribution in [0.1, 0.15) is 16.3 Å². The van der Waals surface area contributed by atoms with Crippen LogP contribution in [0.2, 0.25) is 0 Å². The number of amides is 2. The van der Waals surface area contributed by atoms with E-state index in [2.05, 4.69) is 20.8 Å². The van der Waals surface area contributed by atoms with Crippen molar-refractivity contribution in [1.29, 1.82) is 0 Å². The van der Waals surface area contributed by atoms with Crippen LogP contribution < -0.4 is 10.6 Å². The van der Waals surface area contributed by atoms with Crippen molar-refractivity contribution in [3.63, 3.8) is 0 Å². The molecular formula is C15H13F3N4O2S. The lowest BCUT2D eigenvalue weighted by atomic mass is 10.1. The first-order valence-electron chi connectivity index (χ1n) is 7.23. The van der Waals surface area contributed by atoms with Crippen LogP contribution in [-0.4, -0.2) is 22.4 Å². The van der Waals surface area contributed by atoms with Gasteiger partial charge >= 0.3 is 12.2 Å². The van der Waals surface area contributed by atoms with Crippen LogP contribution in [0.5, 0.6) is 0 Å². The maximum absolute atomic E-state index is 12.3. The summed E-state index contributed by atoms with van der Waals surface area (Å²) in [7, 11) is 0. The Morgan fingerprint density at radius 1 is 1.28 bits per heavy atom. The minimum Gasteiger partial charge on any atom is -0.459 e. The van der Waals surface area contributed by atoms with Crippen LogP contribution in [0.3, 0.4) is 0 Å². The zero-order valence-electron chi connectivity index (χ0n) is 13.0. The van der Waals surface area contributed by atoms with Crippen molar-refractivity contribution in [3.05, 3.63) is 40.6 Å². The number of hydrogen-bond donors (Lipinski definition) is 2. The summed E-state index contributed by atoms with van der Waals surface area (Å²) in [5.74, 6) is 0.603. The van der Waals surface area contributed by atoms with Crippen LogP contribution >= 0.6 is 11.3 Å². The normalized spacial score (nSPS) is 11.7. The Bertz CT molecular complexity index is 904. The third-order valence-corrected chi connectivity index (χ3v) is 4.23. The van der Waals surface area contributed by atoms with Gasteiger partial charge in [0.25, 0.3) is 0 Å². The van der Waals surface area contributed by atoms with Gasteiger partial charge in [-0.1, -0.05) is 29.5 Å². The van der Waals surface area contributed by atoms with E-state index in [0.717, 1.165) is 16.5 Å². The summed E-state index contributed by atoms with van der Waals surface area (Å²) < 4.78 is 42.5. The summed E-state index contributed by atoms with van der Waals surface area (Å²) in [5, 5.41) is 12.6. The molecule has 0 aliphatic carbocycles. The van der Waals surface area contributed by atoms with Crippen LogP contribution in [-0.2, 0) is 13.0 Å². The molecule has 0 fully saturated rings. The fraction of sp³-hybridized carbons (Fsp3) is 0.267. The number of urea groups is 1. The standard InChI is InChI=1S/C15H13F3N4O2S/c1-8-9-4-2-3-5-10(9)24-11(8)7-19-13(23)20-14-22-21-12(25-14)6-15(16,17)18/h2-5H,6-7H2,1H3,(H2,19,20,22,23). The largest absolute Gasteiger partial charge is 0.459 e. The molecule has 0 atom stereocenters. The van der Waals surface area contributed by atoms with Gasteiger partial charge in [0, 0.05) is 10.9 Å². The Morgan fingerprint density at radius 2 is 2.04 bits per heavy atom. The Balaban J connectivity index is 1.58. The van der Waals surface area contributed by atoms with Crippen molar-refractivity contribution >= 4 is 33.5 Å². The predicted molar refractivity (Wildman–Crippen MR) is 86.5 cm³/mol. The molecule has 2 N–H and O–H groups in total. The van der Waals surface area contributed by atoms with Crippen LogP contribution in [0.25, 0.3) is 11.0 Å². The molecule has 0 aliphatic rings. The Morgan fingerprint density at radius 3 is 2.76 bits per heavy atom. The van der Waals surface area contributed by atoms with Crippen LogP contribution in [0.15, 0.2) is 28.7 Å². The van der Waals surface area contributed by atoms with Crippen LogP contribution in [0, 0.1) is 6.92 Å². The Labute approximate surface area is 144 Å². The number of furan rings is 1. The van der Waals surface area contributed by atoms with E-state index in [1.807, 2.05) is 31.2 Å². The second-order valence-corrected chi connectivity index (χ2v) is 6.31. The predicted octanol–water partition coefficient (Wildman–Crippen LogP) is 4.02. The monoisotopic (exact) mass is 370 g/mol. The molecule has 0 unspecified atom stereocenters. The molecule has 2 heterocycles. The average molecular weight is 370 g/mol. The van der Waals surface area contributed by atoms with E-state index in [4.69, 9.17) is 4.42 Å². The molecule has 25 heavy (non-hydrogen) atoms. The molecule has 10 heteroatoms. The molecule has 6 nitrogen and oxygen atoms in total. The summed E-state index contributed by atoms with van der Waals surface area (Å²) in [4.78, 5) is 11.9. The van der Waals surface area contributed by atoms with E-state index >= 15 is 0 Å². The van der Waals surface area contributed by atoms with Gasteiger partial charge < -0.3 is 9.73 Å². The molecular weight excluding hydrogens is 357 g/mol. The van der Waals surface area contributed by atoms with Gasteiger partial charge in [-0.2, -0.15) is 13.2 Å². The van der Waals surface area contributed by atoms with Gasteiger partial charge in [-0.3, -0.25) is 5.32 Å². The van der Waals surface area contributed by atoms with E-state index in [0.29, 0.717) is 17.1 Å². The molecule has 2 aromatic heterocycles. The number of aromatic nitrogens is 2. The van der Waals surface area contributed by atoms with E-state index in [-0.39, 0.29) is 16.7 Å². The maximum Gasteiger partial charge on any atom is 0.395 e. The molecule has 0 saturated heterocycles. The number of para-hydroxylation sites is 1. The topological polar surface area (TPSA) is 80.0 Å². The number of rotatable bonds is 4. The van der Waals surface area contributed by atoms with E-state index in [1.165, 1.54) is 0 Å². The number of hydrogen-bond acceptors (Lipinski definition) is 5. The zero-order chi connectivity index (χ0) is 18.0. The number of benzene rings is 1. The first-order valence-corrected chi connectivity index (χ1v) is 8.04. The third-order valence-electron chi connectivity index (χ3n) is 3.39. The molecule has 132 valence electrons. The zero-order valence-corrected chi connectivity index (χ0v) is 13.8. The Hall–Kier alpha value is -2.62. The number of halogens is 3. The number of nitrogens with zero attached hydrogens (tertiary/aromatic N) is 2. The van der Waals surface area contributed by atoms with E-state index in [1.54, 1.807) is 0 Å². The maximum atomic E-state index is 12.3. The highest BCUT2D eigenvalue weighted by molar-refractivity contribution is 7.15. The van der Waals surface area contributed by atoms with Crippen LogP contribution in [0.4, 0.5) is 23.1 Å². The van der Waals surface area contributed by atoms with Crippen molar-refractivity contribution in [3.8, 4) is 0 Å². The minimum atomic E-state index is -4.36. The van der Waals surface area contributed by atoms with Crippen molar-refractivity contribution in [1.82, 2.24) is 15.5 Å². The summed E-state index contributed by atoms with van der Waals surface area (Å²) >= 11 is 0.679. The first kappa shape index (κ1) is 17.2. The van der Waals surface area contributed by atoms with Crippen molar-refractivity contribution < 1.29 is 22.4 Å². The van der Waals surface area contributed by atoms with Gasteiger partial charge in [-0.05, 0) is 13.0 Å². The molecule has 0 aliphatic heterocycles. The highest BCUT2D eigenvalue weighted by Crippen LogP contribution is 2.26. The molecule has 3 rings (SSSR count). The highest BCUT2D eigenvalue weighted by atomic mass is 32.1. The number of anilines is 1. The summed E-state index contributed by atoms with van der Waals surface area (Å²) in [6, 6.07) is 6.89. The lowest BCUT2D eigenvalue weighted by molar-refractivity contribution is -0.127. The number of carbonyl (C=O) groups is 1. The Kier molecular flexibility index (Phi) is 4.62. The van der Waals surface area contributed by atoms with Gasteiger partial charge in [0.15, 0.2) is 0 Å². The minimum absolute atomic E-state index is 0.00178. The highest BCUT2D eigenvalue weighted by Gasteiger charge is 2.30. The molecule has 0 saturated carbocycles. The third kappa shape index (κ3) is 4.27. The number of nitrogens with one attached hydrogen (secondary N) is 2. The molecule has 2 amide bonds. The van der Waals surface area contributed by atoms with Gasteiger partial charge in [-0.15, -0.1) is 10.2 Å². The van der Waals surface area contributed by atoms with Crippen molar-refractivity contribution in [2.75, 3.05) is 5.32 Å². The average Bonchev–Trinajstić information content (AvgIpc) is 3.08. The second kappa shape index (κ2) is 6.71. The number of carbonyl (C=O) groups excluding carboxylic acids is 1. The van der Waals surface area contributed by atoms with Crippen molar-refractivity contribution in [2.24, 2.45) is 0 Å².